The Kier molecular flexibility index (Phi) is 5.36. The van der Waals surface area contributed by atoms with Gasteiger partial charge in [0, 0.05) is 50.1 Å². The summed E-state index contributed by atoms with van der Waals surface area (Å²) in [5.41, 5.74) is 1.49. The number of likely N-dealkylation sites (tertiary alicyclic amines) is 1. The van der Waals surface area contributed by atoms with E-state index in [0.29, 0.717) is 30.6 Å². The molecule has 1 aromatic carbocycles. The van der Waals surface area contributed by atoms with Crippen LogP contribution in [0.3, 0.4) is 0 Å². The van der Waals surface area contributed by atoms with E-state index in [1.807, 2.05) is 41.3 Å². The molecule has 9 nitrogen and oxygen atoms in total. The van der Waals surface area contributed by atoms with Crippen molar-refractivity contribution >= 4 is 17.7 Å². The second-order valence-corrected chi connectivity index (χ2v) is 9.82. The Bertz CT molecular complexity index is 1110. The molecule has 3 aliphatic heterocycles. The molecule has 3 fully saturated rings. The number of piperidine rings is 1. The van der Waals surface area contributed by atoms with E-state index in [-0.39, 0.29) is 30.2 Å². The third-order valence-corrected chi connectivity index (χ3v) is 7.71. The van der Waals surface area contributed by atoms with Crippen LogP contribution in [0.15, 0.2) is 36.7 Å². The summed E-state index contributed by atoms with van der Waals surface area (Å²) in [6.45, 7) is 2.35. The summed E-state index contributed by atoms with van der Waals surface area (Å²) < 4.78 is 8.55. The van der Waals surface area contributed by atoms with E-state index in [9.17, 15) is 14.4 Å². The number of hydrogen-bond donors (Lipinski definition) is 1. The number of nitrogens with one attached hydrogen (secondary N) is 1. The van der Waals surface area contributed by atoms with Gasteiger partial charge in [0.2, 0.25) is 11.8 Å². The highest BCUT2D eigenvalue weighted by atomic mass is 16.5. The van der Waals surface area contributed by atoms with Crippen molar-refractivity contribution in [2.24, 2.45) is 0 Å². The van der Waals surface area contributed by atoms with Crippen LogP contribution < -0.4 is 10.1 Å². The van der Waals surface area contributed by atoms with E-state index in [0.717, 1.165) is 43.7 Å². The van der Waals surface area contributed by atoms with Gasteiger partial charge in [0.1, 0.15) is 17.9 Å². The molecule has 4 aliphatic rings. The Labute approximate surface area is 198 Å². The number of carbonyl (C=O) groups excluding carboxylic acids is 3. The molecule has 0 radical (unpaired) electrons. The van der Waals surface area contributed by atoms with Gasteiger partial charge in [-0.3, -0.25) is 29.3 Å². The van der Waals surface area contributed by atoms with Crippen LogP contribution in [0.4, 0.5) is 0 Å². The van der Waals surface area contributed by atoms with Gasteiger partial charge < -0.3 is 9.64 Å². The maximum atomic E-state index is 12.9. The van der Waals surface area contributed by atoms with E-state index in [4.69, 9.17) is 4.74 Å². The fourth-order valence-electron chi connectivity index (χ4n) is 5.85. The molecule has 34 heavy (non-hydrogen) atoms. The molecular formula is C25H29N5O4. The van der Waals surface area contributed by atoms with Crippen molar-refractivity contribution in [1.29, 1.82) is 0 Å². The molecule has 0 spiro atoms. The molecule has 4 heterocycles. The lowest BCUT2D eigenvalue weighted by Gasteiger charge is -2.48. The number of carbonyl (C=O) groups is 3. The van der Waals surface area contributed by atoms with Crippen LogP contribution in [0.1, 0.15) is 60.5 Å². The molecular weight excluding hydrogens is 434 g/mol. The fourth-order valence-corrected chi connectivity index (χ4v) is 5.85. The second kappa shape index (κ2) is 8.54. The number of hydrogen-bond acceptors (Lipinski definition) is 6. The van der Waals surface area contributed by atoms with Crippen LogP contribution >= 0.6 is 0 Å². The number of nitrogens with zero attached hydrogens (tertiary/aromatic N) is 4. The van der Waals surface area contributed by atoms with Crippen molar-refractivity contribution in [3.05, 3.63) is 47.8 Å². The molecule has 3 unspecified atom stereocenters. The van der Waals surface area contributed by atoms with E-state index >= 15 is 0 Å². The Balaban J connectivity index is 1.13. The molecule has 9 heteroatoms. The maximum absolute atomic E-state index is 12.9. The van der Waals surface area contributed by atoms with Crippen molar-refractivity contribution in [3.8, 4) is 5.75 Å². The molecule has 1 aromatic heterocycles. The van der Waals surface area contributed by atoms with Gasteiger partial charge in [-0.15, -0.1) is 0 Å². The van der Waals surface area contributed by atoms with Gasteiger partial charge in [-0.05, 0) is 55.5 Å². The summed E-state index contributed by atoms with van der Waals surface area (Å²) in [6.07, 6.45) is 9.12. The largest absolute Gasteiger partial charge is 0.489 e. The summed E-state index contributed by atoms with van der Waals surface area (Å²) in [4.78, 5) is 40.8. The number of ether oxygens (including phenoxy) is 1. The monoisotopic (exact) mass is 463 g/mol. The van der Waals surface area contributed by atoms with Crippen molar-refractivity contribution in [2.45, 2.75) is 69.3 Å². The summed E-state index contributed by atoms with van der Waals surface area (Å²) in [7, 11) is 0. The molecule has 2 aromatic rings. The first kappa shape index (κ1) is 21.3. The van der Waals surface area contributed by atoms with E-state index in [2.05, 4.69) is 15.3 Å². The number of amides is 3. The highest BCUT2D eigenvalue weighted by Gasteiger charge is 2.41. The predicted octanol–water partition coefficient (Wildman–Crippen LogP) is 1.89. The molecule has 178 valence electrons. The van der Waals surface area contributed by atoms with Gasteiger partial charge in [0.15, 0.2) is 0 Å². The zero-order valence-electron chi connectivity index (χ0n) is 19.1. The predicted molar refractivity (Wildman–Crippen MR) is 122 cm³/mol. The Hall–Kier alpha value is -3.20. The Morgan fingerprint density at radius 2 is 1.91 bits per heavy atom. The van der Waals surface area contributed by atoms with Gasteiger partial charge in [0.05, 0.1) is 6.04 Å². The highest BCUT2D eigenvalue weighted by Crippen LogP contribution is 2.35. The molecule has 1 aliphatic carbocycles. The molecule has 1 saturated carbocycles. The van der Waals surface area contributed by atoms with Gasteiger partial charge in [-0.25, -0.2) is 0 Å². The summed E-state index contributed by atoms with van der Waals surface area (Å²) in [6, 6.07) is 7.83. The van der Waals surface area contributed by atoms with Gasteiger partial charge >= 0.3 is 0 Å². The summed E-state index contributed by atoms with van der Waals surface area (Å²) in [5.74, 6) is -0.0438. The number of rotatable bonds is 5. The van der Waals surface area contributed by atoms with E-state index in [1.165, 1.54) is 6.42 Å². The van der Waals surface area contributed by atoms with E-state index in [1.54, 1.807) is 4.90 Å². The third kappa shape index (κ3) is 3.77. The first-order valence-corrected chi connectivity index (χ1v) is 12.2. The summed E-state index contributed by atoms with van der Waals surface area (Å²) >= 11 is 0. The fraction of sp³-hybridized carbons (Fsp3) is 0.520. The number of benzene rings is 1. The first-order valence-electron chi connectivity index (χ1n) is 12.2. The molecule has 6 rings (SSSR count). The lowest BCUT2D eigenvalue weighted by Crippen LogP contribution is -2.58. The minimum Gasteiger partial charge on any atom is -0.489 e. The van der Waals surface area contributed by atoms with Crippen molar-refractivity contribution in [1.82, 2.24) is 24.9 Å². The van der Waals surface area contributed by atoms with Crippen molar-refractivity contribution in [2.75, 3.05) is 13.1 Å². The number of aromatic nitrogens is 2. The molecule has 0 bridgehead atoms. The maximum Gasteiger partial charge on any atom is 0.255 e. The third-order valence-electron chi connectivity index (χ3n) is 7.71. The normalized spacial score (nSPS) is 27.9. The van der Waals surface area contributed by atoms with Crippen LogP contribution in [0, 0.1) is 0 Å². The zero-order valence-corrected chi connectivity index (χ0v) is 19.1. The lowest BCUT2D eigenvalue weighted by molar-refractivity contribution is -0.136. The molecule has 1 N–H and O–H groups in total. The SMILES string of the molecule is O=C1CCC(N2Cc3cc(OC4CCCCC4N4CC(n5cccn5)C4)ccc3C2=O)C(=O)N1. The Morgan fingerprint density at radius 1 is 1.06 bits per heavy atom. The molecule has 3 atom stereocenters. The Morgan fingerprint density at radius 3 is 2.71 bits per heavy atom. The van der Waals surface area contributed by atoms with Crippen molar-refractivity contribution in [3.63, 3.8) is 0 Å². The average molecular weight is 464 g/mol. The van der Waals surface area contributed by atoms with Crippen LogP contribution in [-0.4, -0.2) is 68.6 Å². The second-order valence-electron chi connectivity index (χ2n) is 9.82. The standard InChI is InChI=1S/C25H29N5O4/c31-23-9-8-21(24(32)27-23)29-13-16-12-18(6-7-19(16)25(29)33)34-22-5-2-1-4-20(22)28-14-17(15-28)30-11-3-10-26-30/h3,6-7,10-12,17,20-22H,1-2,4-5,8-9,13-15H2,(H,27,31,32). The van der Waals surface area contributed by atoms with Gasteiger partial charge in [-0.1, -0.05) is 6.42 Å². The van der Waals surface area contributed by atoms with Crippen LogP contribution in [0.25, 0.3) is 0 Å². The zero-order chi connectivity index (χ0) is 23.2. The quantitative estimate of drug-likeness (QED) is 0.681. The van der Waals surface area contributed by atoms with Crippen LogP contribution in [-0.2, 0) is 16.1 Å². The summed E-state index contributed by atoms with van der Waals surface area (Å²) in [5, 5.41) is 6.73. The average Bonchev–Trinajstić information content (AvgIpc) is 3.42. The van der Waals surface area contributed by atoms with Gasteiger partial charge in [-0.2, -0.15) is 5.10 Å². The van der Waals surface area contributed by atoms with Crippen molar-refractivity contribution < 1.29 is 19.1 Å². The lowest BCUT2D eigenvalue weighted by atomic mass is 9.88. The van der Waals surface area contributed by atoms with Crippen LogP contribution in [0.5, 0.6) is 5.75 Å². The number of imide groups is 1. The molecule has 3 amide bonds. The van der Waals surface area contributed by atoms with Crippen LogP contribution in [0.2, 0.25) is 0 Å². The minimum atomic E-state index is -0.598. The topological polar surface area (TPSA) is 96.8 Å². The first-order chi connectivity index (χ1) is 16.6. The smallest absolute Gasteiger partial charge is 0.255 e. The number of fused-ring (bicyclic) bond motifs is 1. The highest BCUT2D eigenvalue weighted by molar-refractivity contribution is 6.05. The van der Waals surface area contributed by atoms with E-state index < -0.39 is 6.04 Å². The minimum absolute atomic E-state index is 0.119. The van der Waals surface area contributed by atoms with Gasteiger partial charge in [0.25, 0.3) is 5.91 Å². The molecule has 2 saturated heterocycles.